The predicted octanol–water partition coefficient (Wildman–Crippen LogP) is 3.84. The topological polar surface area (TPSA) is 55.1 Å². The quantitative estimate of drug-likeness (QED) is 0.872. The highest BCUT2D eigenvalue weighted by atomic mass is 35.5. The highest BCUT2D eigenvalue weighted by molar-refractivity contribution is 7.17. The summed E-state index contributed by atoms with van der Waals surface area (Å²) in [5.74, 6) is 0.533. The van der Waals surface area contributed by atoms with E-state index in [0.29, 0.717) is 17.5 Å². The van der Waals surface area contributed by atoms with Crippen molar-refractivity contribution in [3.05, 3.63) is 45.8 Å². The first-order valence-electron chi connectivity index (χ1n) is 7.46. The van der Waals surface area contributed by atoms with Crippen LogP contribution in [0.4, 0.5) is 0 Å². The Bertz CT molecular complexity index is 694. The molecular formula is C17H19ClN2OS. The van der Waals surface area contributed by atoms with E-state index in [-0.39, 0.29) is 11.9 Å². The van der Waals surface area contributed by atoms with Gasteiger partial charge < -0.3 is 11.1 Å². The van der Waals surface area contributed by atoms with E-state index in [2.05, 4.69) is 5.32 Å². The average molecular weight is 335 g/mol. The number of halogens is 1. The molecule has 1 amide bonds. The third-order valence-electron chi connectivity index (χ3n) is 3.99. The van der Waals surface area contributed by atoms with Crippen LogP contribution in [0.1, 0.15) is 28.1 Å². The molecule has 1 heterocycles. The lowest BCUT2D eigenvalue weighted by atomic mass is 10.1. The summed E-state index contributed by atoms with van der Waals surface area (Å²) in [5.41, 5.74) is 7.90. The lowest BCUT2D eigenvalue weighted by Crippen LogP contribution is -2.41. The fourth-order valence-electron chi connectivity index (χ4n) is 2.62. The number of benzene rings is 1. The number of carbonyl (C=O) groups is 1. The molecule has 1 saturated carbocycles. The fraction of sp³-hybridized carbons (Fsp3) is 0.353. The summed E-state index contributed by atoms with van der Waals surface area (Å²) in [4.78, 5) is 14.2. The van der Waals surface area contributed by atoms with Crippen LogP contribution in [0.5, 0.6) is 0 Å². The Morgan fingerprint density at radius 3 is 2.86 bits per heavy atom. The van der Waals surface area contributed by atoms with Crippen molar-refractivity contribution in [2.24, 2.45) is 11.7 Å². The zero-order valence-corrected chi connectivity index (χ0v) is 14.0. The first-order valence-corrected chi connectivity index (χ1v) is 8.65. The number of aryl methyl sites for hydroxylation is 1. The van der Waals surface area contributed by atoms with E-state index < -0.39 is 0 Å². The van der Waals surface area contributed by atoms with Crippen molar-refractivity contribution in [1.82, 2.24) is 5.32 Å². The largest absolute Gasteiger partial charge is 0.347 e. The van der Waals surface area contributed by atoms with E-state index in [1.807, 2.05) is 37.3 Å². The maximum atomic E-state index is 12.4. The third-order valence-corrected chi connectivity index (χ3v) is 5.51. The molecule has 1 aromatic heterocycles. The number of hydrogen-bond acceptors (Lipinski definition) is 3. The third kappa shape index (κ3) is 3.35. The van der Waals surface area contributed by atoms with E-state index in [0.717, 1.165) is 20.9 Å². The Kier molecular flexibility index (Phi) is 4.52. The smallest absolute Gasteiger partial charge is 0.261 e. The Morgan fingerprint density at radius 1 is 1.45 bits per heavy atom. The van der Waals surface area contributed by atoms with Crippen molar-refractivity contribution >= 4 is 28.8 Å². The van der Waals surface area contributed by atoms with Gasteiger partial charge in [-0.15, -0.1) is 11.3 Å². The Labute approximate surface area is 139 Å². The molecule has 0 bridgehead atoms. The Balaban J connectivity index is 1.80. The minimum Gasteiger partial charge on any atom is -0.347 e. The second-order valence-electron chi connectivity index (χ2n) is 5.79. The van der Waals surface area contributed by atoms with Crippen LogP contribution in [0.25, 0.3) is 10.4 Å². The molecule has 22 heavy (non-hydrogen) atoms. The van der Waals surface area contributed by atoms with Gasteiger partial charge in [0.25, 0.3) is 5.91 Å². The number of nitrogens with two attached hydrogens (primary N) is 1. The second-order valence-corrected chi connectivity index (χ2v) is 7.27. The van der Waals surface area contributed by atoms with Gasteiger partial charge in [0, 0.05) is 22.5 Å². The van der Waals surface area contributed by atoms with Crippen LogP contribution in [0.2, 0.25) is 5.02 Å². The summed E-state index contributed by atoms with van der Waals surface area (Å²) in [6.45, 7) is 2.52. The van der Waals surface area contributed by atoms with Crippen molar-refractivity contribution < 1.29 is 4.79 Å². The fourth-order valence-corrected chi connectivity index (χ4v) is 3.88. The van der Waals surface area contributed by atoms with Crippen LogP contribution in [-0.4, -0.2) is 18.5 Å². The van der Waals surface area contributed by atoms with Gasteiger partial charge in [0.15, 0.2) is 0 Å². The summed E-state index contributed by atoms with van der Waals surface area (Å²) < 4.78 is 0. The number of carbonyl (C=O) groups excluding carboxylic acids is 1. The number of hydrogen-bond donors (Lipinski definition) is 2. The lowest BCUT2D eigenvalue weighted by molar-refractivity contribution is 0.0937. The Hall–Kier alpha value is -1.36. The van der Waals surface area contributed by atoms with E-state index in [1.165, 1.54) is 24.2 Å². The number of rotatable bonds is 5. The highest BCUT2D eigenvalue weighted by Gasteiger charge is 2.31. The van der Waals surface area contributed by atoms with E-state index in [1.54, 1.807) is 0 Å². The zero-order chi connectivity index (χ0) is 15.7. The molecule has 1 aromatic carbocycles. The predicted molar refractivity (Wildman–Crippen MR) is 92.5 cm³/mol. The number of thiophene rings is 1. The maximum absolute atomic E-state index is 12.4. The van der Waals surface area contributed by atoms with Gasteiger partial charge >= 0.3 is 0 Å². The van der Waals surface area contributed by atoms with Gasteiger partial charge in [0.2, 0.25) is 0 Å². The Morgan fingerprint density at radius 2 is 2.23 bits per heavy atom. The summed E-state index contributed by atoms with van der Waals surface area (Å²) >= 11 is 7.56. The molecule has 5 heteroatoms. The van der Waals surface area contributed by atoms with Gasteiger partial charge in [-0.05, 0) is 55.0 Å². The number of nitrogens with one attached hydrogen (secondary N) is 1. The van der Waals surface area contributed by atoms with Crippen molar-refractivity contribution in [3.8, 4) is 10.4 Å². The molecule has 0 saturated heterocycles. The molecule has 0 radical (unpaired) electrons. The highest BCUT2D eigenvalue weighted by Crippen LogP contribution is 2.35. The lowest BCUT2D eigenvalue weighted by Gasteiger charge is -2.15. The van der Waals surface area contributed by atoms with Gasteiger partial charge in [-0.25, -0.2) is 0 Å². The molecule has 3 N–H and O–H groups in total. The zero-order valence-electron chi connectivity index (χ0n) is 12.4. The van der Waals surface area contributed by atoms with Crippen LogP contribution in [-0.2, 0) is 0 Å². The first kappa shape index (κ1) is 15.5. The molecule has 1 atom stereocenters. The normalized spacial score (nSPS) is 15.6. The number of amides is 1. The molecule has 1 aliphatic carbocycles. The summed E-state index contributed by atoms with van der Waals surface area (Å²) in [6, 6.07) is 9.76. The van der Waals surface area contributed by atoms with Gasteiger partial charge in [-0.1, -0.05) is 23.7 Å². The molecule has 1 fully saturated rings. The van der Waals surface area contributed by atoms with Gasteiger partial charge in [0.05, 0.1) is 4.88 Å². The van der Waals surface area contributed by atoms with Crippen LogP contribution < -0.4 is 11.1 Å². The van der Waals surface area contributed by atoms with E-state index in [4.69, 9.17) is 17.3 Å². The minimum absolute atomic E-state index is 0.0243. The molecule has 1 unspecified atom stereocenters. The molecule has 116 valence electrons. The SMILES string of the molecule is Cc1cc(C(=O)NC(CN)C2CC2)sc1-c1cccc(Cl)c1. The van der Waals surface area contributed by atoms with Crippen LogP contribution >= 0.6 is 22.9 Å². The van der Waals surface area contributed by atoms with Crippen LogP contribution in [0.15, 0.2) is 30.3 Å². The van der Waals surface area contributed by atoms with Gasteiger partial charge in [-0.3, -0.25) is 4.79 Å². The van der Waals surface area contributed by atoms with E-state index >= 15 is 0 Å². The first-order chi connectivity index (χ1) is 10.6. The summed E-state index contributed by atoms with van der Waals surface area (Å²) in [5, 5.41) is 3.77. The van der Waals surface area contributed by atoms with Crippen molar-refractivity contribution in [2.45, 2.75) is 25.8 Å². The molecule has 3 nitrogen and oxygen atoms in total. The molecule has 2 aromatic rings. The standard InChI is InChI=1S/C17H19ClN2OS/c1-10-7-15(17(21)20-14(9-19)11-5-6-11)22-16(10)12-3-2-4-13(18)8-12/h2-4,7-8,11,14H,5-6,9,19H2,1H3,(H,20,21). The summed E-state index contributed by atoms with van der Waals surface area (Å²) in [6.07, 6.45) is 2.33. The molecule has 3 rings (SSSR count). The summed E-state index contributed by atoms with van der Waals surface area (Å²) in [7, 11) is 0. The molecule has 0 aliphatic heterocycles. The van der Waals surface area contributed by atoms with Gasteiger partial charge in [-0.2, -0.15) is 0 Å². The van der Waals surface area contributed by atoms with E-state index in [9.17, 15) is 4.79 Å². The molecule has 1 aliphatic rings. The monoisotopic (exact) mass is 334 g/mol. The van der Waals surface area contributed by atoms with Crippen molar-refractivity contribution in [3.63, 3.8) is 0 Å². The van der Waals surface area contributed by atoms with Crippen molar-refractivity contribution in [1.29, 1.82) is 0 Å². The minimum atomic E-state index is -0.0243. The van der Waals surface area contributed by atoms with Gasteiger partial charge in [0.1, 0.15) is 0 Å². The molecular weight excluding hydrogens is 316 g/mol. The van der Waals surface area contributed by atoms with Crippen LogP contribution in [0.3, 0.4) is 0 Å². The van der Waals surface area contributed by atoms with Crippen LogP contribution in [0, 0.1) is 12.8 Å². The average Bonchev–Trinajstić information content (AvgIpc) is 3.26. The van der Waals surface area contributed by atoms with Crippen molar-refractivity contribution in [2.75, 3.05) is 6.54 Å². The second kappa shape index (κ2) is 6.41. The molecule has 0 spiro atoms. The maximum Gasteiger partial charge on any atom is 0.261 e.